The summed E-state index contributed by atoms with van der Waals surface area (Å²) >= 11 is 0. The van der Waals surface area contributed by atoms with Crippen molar-refractivity contribution in [1.82, 2.24) is 0 Å². The molecule has 14 N–H and O–H groups in total. The van der Waals surface area contributed by atoms with E-state index in [4.69, 9.17) is 66.3 Å². The fourth-order valence-corrected chi connectivity index (χ4v) is 16.7. The maximum atomic E-state index is 14.5. The summed E-state index contributed by atoms with van der Waals surface area (Å²) in [7, 11) is 2.80. The molecule has 0 unspecified atom stereocenters. The van der Waals surface area contributed by atoms with E-state index >= 15 is 0 Å². The molecule has 1 aromatic carbocycles. The molecule has 9 aliphatic rings. The first kappa shape index (κ1) is 75.9. The number of Topliss-reactive ketones (excluding diaryl/α,β-unsaturated/α-hetero) is 1. The molecule has 550 valence electrons. The normalized spacial score (nSPS) is 45.6. The summed E-state index contributed by atoms with van der Waals surface area (Å²) in [6, 6.07) is 4.24. The van der Waals surface area contributed by atoms with Gasteiger partial charge >= 0.3 is 11.9 Å². The van der Waals surface area contributed by atoms with Crippen LogP contribution in [0.2, 0.25) is 0 Å². The van der Waals surface area contributed by atoms with E-state index < -0.39 is 221 Å². The number of aliphatic hydroxyl groups excluding tert-OH is 13. The second-order valence-electron chi connectivity index (χ2n) is 28.5. The number of fused-ring (bicyclic) bond motifs is 5. The Balaban J connectivity index is 0.819. The Morgan fingerprint density at radius 2 is 1.23 bits per heavy atom. The van der Waals surface area contributed by atoms with Gasteiger partial charge in [-0.05, 0) is 98.7 Å². The Bertz CT molecular complexity index is 2860. The summed E-state index contributed by atoms with van der Waals surface area (Å²) in [6.45, 7) is 7.85. The third kappa shape index (κ3) is 14.8. The number of carbonyl (C=O) groups excluding carboxylic acids is 3. The van der Waals surface area contributed by atoms with Gasteiger partial charge in [0.15, 0.2) is 55.2 Å². The maximum absolute atomic E-state index is 14.5. The summed E-state index contributed by atoms with van der Waals surface area (Å²) in [5.41, 5.74) is -2.12. The van der Waals surface area contributed by atoms with E-state index in [9.17, 15) is 85.9 Å². The lowest BCUT2D eigenvalue weighted by Gasteiger charge is -2.59. The molecule has 10 rings (SSSR count). The van der Waals surface area contributed by atoms with Crippen LogP contribution in [0.1, 0.15) is 110 Å². The predicted octanol–water partition coefficient (Wildman–Crippen LogP) is -2.49. The van der Waals surface area contributed by atoms with Gasteiger partial charge in [0, 0.05) is 24.7 Å². The molecule has 3 saturated carbocycles. The number of benzene rings is 1. The highest BCUT2D eigenvalue weighted by atomic mass is 16.8. The molecule has 0 amide bonds. The summed E-state index contributed by atoms with van der Waals surface area (Å²) in [6.07, 6.45) is -33.8. The molecule has 5 saturated heterocycles. The van der Waals surface area contributed by atoms with Crippen LogP contribution in [0.5, 0.6) is 11.5 Å². The van der Waals surface area contributed by atoms with Crippen molar-refractivity contribution in [3.8, 4) is 11.5 Å². The monoisotopic (exact) mass is 1390 g/mol. The smallest absolute Gasteiger partial charge is 0.338 e. The first-order valence-corrected chi connectivity index (χ1v) is 33.6. The third-order valence-corrected chi connectivity index (χ3v) is 22.4. The number of aliphatic hydroxyl groups is 14. The molecule has 4 aliphatic carbocycles. The number of ketones is 1. The molecule has 8 fully saturated rings. The Morgan fingerprint density at radius 3 is 1.88 bits per heavy atom. The van der Waals surface area contributed by atoms with Gasteiger partial charge in [-0.25, -0.2) is 4.79 Å². The van der Waals surface area contributed by atoms with Crippen LogP contribution in [0.25, 0.3) is 0 Å². The number of hydrogen-bond acceptors (Lipinski definition) is 31. The zero-order valence-electron chi connectivity index (χ0n) is 55.7. The van der Waals surface area contributed by atoms with Crippen molar-refractivity contribution < 1.29 is 152 Å². The third-order valence-electron chi connectivity index (χ3n) is 22.4. The average molecular weight is 1390 g/mol. The molecule has 31 nitrogen and oxygen atoms in total. The number of hydrogen-bond donors (Lipinski definition) is 14. The standard InChI is InChI=1S/C66H100O31/c1-27(2)9-13-36(70)28(3)66(83)44(94-63-57(89-29(4)69)55(38(72)25-87-63)96-60-53(81)54(37(71)24-86-60)95-58(82)30-10-14-39(84-7)40(19-30)85-8)21-35-33-12-11-31-20-32(15-17-64(31,5)34(33)16-18-65(35,66)6)90-61-50(78)48(76)46(74)43(93-61)26-88-59-52(80)49(77)56(42(23-68)92-59)97-62-51(79)47(75)45(73)41(22-67)91-62/h10-11,14,19,27-28,32-35,37-38,41-57,59-63,67-68,71-81,83H,9,12-13,15-18,20-26H2,1-8H3/t28-,32+,33-,34+,35+,37-,38+,41-,42-,43-,44+,45-,46-,47+,48+,49-,50-,51-,52-,53-,54+,55+,56-,57-,59-,60+,61-,62+,63+,64+,65+,66-/m1/s1. The fourth-order valence-electron chi connectivity index (χ4n) is 16.7. The van der Waals surface area contributed by atoms with E-state index in [2.05, 4.69) is 13.0 Å². The Hall–Kier alpha value is -3.79. The van der Waals surface area contributed by atoms with Crippen LogP contribution in [0.4, 0.5) is 0 Å². The minimum atomic E-state index is -1.92. The largest absolute Gasteiger partial charge is 0.493 e. The van der Waals surface area contributed by atoms with Crippen LogP contribution in [0.3, 0.4) is 0 Å². The van der Waals surface area contributed by atoms with Gasteiger partial charge in [-0.15, -0.1) is 0 Å². The van der Waals surface area contributed by atoms with Crippen LogP contribution in [0, 0.1) is 40.4 Å². The quantitative estimate of drug-likeness (QED) is 0.0398. The fraction of sp³-hybridized carbons (Fsp3) is 0.833. The van der Waals surface area contributed by atoms with Gasteiger partial charge in [-0.2, -0.15) is 0 Å². The highest BCUT2D eigenvalue weighted by Gasteiger charge is 2.71. The van der Waals surface area contributed by atoms with Crippen molar-refractivity contribution in [2.45, 2.75) is 258 Å². The zero-order chi connectivity index (χ0) is 70.5. The van der Waals surface area contributed by atoms with Gasteiger partial charge in [0.05, 0.1) is 65.0 Å². The van der Waals surface area contributed by atoms with Crippen LogP contribution >= 0.6 is 0 Å². The topological polar surface area (TPSA) is 464 Å². The highest BCUT2D eigenvalue weighted by molar-refractivity contribution is 5.90. The van der Waals surface area contributed by atoms with Crippen molar-refractivity contribution in [1.29, 1.82) is 0 Å². The minimum Gasteiger partial charge on any atom is -0.493 e. The second kappa shape index (κ2) is 31.0. The molecular weight excluding hydrogens is 1290 g/mol. The molecule has 0 radical (unpaired) electrons. The predicted molar refractivity (Wildman–Crippen MR) is 326 cm³/mol. The lowest BCUT2D eigenvalue weighted by Crippen LogP contribution is -2.65. The SMILES string of the molecule is COc1ccc(C(=O)O[C@@H]2[C@@H](O)[C@H](O[C@@H]3[C@@H](OC(C)=O)[C@H](O[C@H]4C[C@H]5[C@@H]6CC=C7C[C@@H](O[C@@H]8O[C@H](CO[C@@H]9O[C@H](CO)[C@@H](O[C@@H]%10O[C@H](CO)[C@@H](O)[C@H](O)[C@H]%10O)[C@H](O)[C@H]9O)[C@@H](O)[C@H](O)[C@H]8O)CC[C@]7(C)[C@H]6CC[C@]5(C)[C@@]4(O)[C@H](C)C(=O)CCC(C)C)OC[C@@H]3O)OC[C@H]2O)cc1OC. The molecule has 32 atom stereocenters. The van der Waals surface area contributed by atoms with Crippen molar-refractivity contribution in [3.63, 3.8) is 0 Å². The number of methoxy groups -OCH3 is 2. The van der Waals surface area contributed by atoms with E-state index in [-0.39, 0.29) is 53.6 Å². The number of carbonyl (C=O) groups is 3. The van der Waals surface area contributed by atoms with Crippen molar-refractivity contribution in [3.05, 3.63) is 35.4 Å². The summed E-state index contributed by atoms with van der Waals surface area (Å²) in [5.74, 6) is -2.49. The molecule has 31 heteroatoms. The van der Waals surface area contributed by atoms with Crippen LogP contribution in [-0.2, 0) is 66.4 Å². The molecule has 1 aromatic rings. The van der Waals surface area contributed by atoms with Crippen LogP contribution in [0.15, 0.2) is 29.8 Å². The Labute approximate surface area is 561 Å². The van der Waals surface area contributed by atoms with E-state index in [1.165, 1.54) is 32.4 Å². The molecule has 0 spiro atoms. The number of rotatable bonds is 23. The minimum absolute atomic E-state index is 0.00279. The van der Waals surface area contributed by atoms with Gasteiger partial charge in [-0.3, -0.25) is 9.59 Å². The Morgan fingerprint density at radius 1 is 0.619 bits per heavy atom. The van der Waals surface area contributed by atoms with E-state index in [1.807, 2.05) is 20.8 Å². The molecule has 0 bridgehead atoms. The highest BCUT2D eigenvalue weighted by Crippen LogP contribution is 2.69. The first-order chi connectivity index (χ1) is 45.9. The van der Waals surface area contributed by atoms with Crippen molar-refractivity contribution >= 4 is 17.7 Å². The summed E-state index contributed by atoms with van der Waals surface area (Å²) in [5, 5.41) is 155. The second-order valence-corrected chi connectivity index (χ2v) is 28.5. The van der Waals surface area contributed by atoms with Crippen molar-refractivity contribution in [2.24, 2.45) is 40.4 Å². The lowest BCUT2D eigenvalue weighted by atomic mass is 9.46. The van der Waals surface area contributed by atoms with E-state index in [0.717, 1.165) is 12.5 Å². The zero-order valence-corrected chi connectivity index (χ0v) is 55.7. The lowest BCUT2D eigenvalue weighted by molar-refractivity contribution is -0.365. The van der Waals surface area contributed by atoms with Crippen molar-refractivity contribution in [2.75, 3.05) is 47.3 Å². The molecular formula is C66H100O31. The van der Waals surface area contributed by atoms with Gasteiger partial charge in [0.1, 0.15) is 109 Å². The molecule has 0 aromatic heterocycles. The molecule has 97 heavy (non-hydrogen) atoms. The van der Waals surface area contributed by atoms with Gasteiger partial charge < -0.3 is 138 Å². The average Bonchev–Trinajstić information content (AvgIpc) is 1.57. The summed E-state index contributed by atoms with van der Waals surface area (Å²) in [4.78, 5) is 41.0. The maximum Gasteiger partial charge on any atom is 0.338 e. The van der Waals surface area contributed by atoms with Crippen LogP contribution < -0.4 is 9.47 Å². The van der Waals surface area contributed by atoms with E-state index in [1.54, 1.807) is 6.92 Å². The number of allylic oxidation sites excluding steroid dienone is 1. The Kier molecular flexibility index (Phi) is 24.3. The van der Waals surface area contributed by atoms with Gasteiger partial charge in [0.25, 0.3) is 0 Å². The van der Waals surface area contributed by atoms with E-state index in [0.29, 0.717) is 50.7 Å². The van der Waals surface area contributed by atoms with Gasteiger partial charge in [0.2, 0.25) is 0 Å². The molecule has 5 aliphatic heterocycles. The summed E-state index contributed by atoms with van der Waals surface area (Å²) < 4.78 is 82.2. The number of esters is 2. The van der Waals surface area contributed by atoms with Gasteiger partial charge in [-0.1, -0.05) is 46.3 Å². The first-order valence-electron chi connectivity index (χ1n) is 33.6. The number of ether oxygens (including phenoxy) is 14. The van der Waals surface area contributed by atoms with Crippen LogP contribution in [-0.4, -0.2) is 296 Å². The molecule has 5 heterocycles.